The zero-order valence-corrected chi connectivity index (χ0v) is 16.5. The van der Waals surface area contributed by atoms with Gasteiger partial charge in [-0.15, -0.1) is 0 Å². The highest BCUT2D eigenvalue weighted by Crippen LogP contribution is 2.39. The third-order valence-electron chi connectivity index (χ3n) is 4.70. The molecule has 0 bridgehead atoms. The van der Waals surface area contributed by atoms with Gasteiger partial charge in [0.25, 0.3) is 0 Å². The molecule has 2 aromatic carbocycles. The number of carbonyl (C=O) groups is 2. The maximum Gasteiger partial charge on any atom is 0.338 e. The smallest absolute Gasteiger partial charge is 0.338 e. The topological polar surface area (TPSA) is 112 Å². The van der Waals surface area contributed by atoms with Gasteiger partial charge in [-0.3, -0.25) is 0 Å². The summed E-state index contributed by atoms with van der Waals surface area (Å²) >= 11 is 0. The molecule has 152 valence electrons. The number of hydrogen-bond donors (Lipinski definition) is 1. The molecule has 0 aliphatic carbocycles. The molecule has 0 amide bonds. The van der Waals surface area contributed by atoms with Gasteiger partial charge in [-0.25, -0.2) is 9.59 Å². The summed E-state index contributed by atoms with van der Waals surface area (Å²) in [6.07, 6.45) is 0. The monoisotopic (exact) mass is 404 g/mol. The van der Waals surface area contributed by atoms with Gasteiger partial charge in [-0.2, -0.15) is 5.26 Å². The van der Waals surface area contributed by atoms with E-state index in [0.717, 1.165) is 5.56 Å². The molecule has 0 aromatic heterocycles. The summed E-state index contributed by atoms with van der Waals surface area (Å²) < 4.78 is 15.6. The van der Waals surface area contributed by atoms with Crippen LogP contribution in [0.4, 0.5) is 0 Å². The Labute approximate surface area is 174 Å². The number of hydrogen-bond acceptors (Lipinski definition) is 7. The molecule has 0 saturated heterocycles. The average Bonchev–Trinajstić information content (AvgIpc) is 2.77. The Morgan fingerprint density at radius 1 is 1.10 bits per heavy atom. The molecule has 0 saturated carbocycles. The van der Waals surface area contributed by atoms with Crippen LogP contribution in [-0.4, -0.2) is 19.0 Å². The summed E-state index contributed by atoms with van der Waals surface area (Å²) in [6.45, 7) is 1.67. The number of esters is 2. The van der Waals surface area contributed by atoms with Crippen LogP contribution < -0.4 is 5.73 Å². The van der Waals surface area contributed by atoms with E-state index in [9.17, 15) is 14.9 Å². The van der Waals surface area contributed by atoms with Gasteiger partial charge in [-0.1, -0.05) is 42.5 Å². The van der Waals surface area contributed by atoms with Crippen LogP contribution in [-0.2, 0) is 25.6 Å². The first-order valence-corrected chi connectivity index (χ1v) is 9.14. The Morgan fingerprint density at radius 3 is 2.37 bits per heavy atom. The van der Waals surface area contributed by atoms with Gasteiger partial charge in [-0.05, 0) is 30.2 Å². The van der Waals surface area contributed by atoms with E-state index in [1.807, 2.05) is 36.4 Å². The van der Waals surface area contributed by atoms with Gasteiger partial charge in [0.05, 0.1) is 24.2 Å². The first-order chi connectivity index (χ1) is 14.5. The van der Waals surface area contributed by atoms with Gasteiger partial charge < -0.3 is 19.9 Å². The average molecular weight is 404 g/mol. The number of rotatable bonds is 5. The lowest BCUT2D eigenvalue weighted by Crippen LogP contribution is -2.25. The predicted molar refractivity (Wildman–Crippen MR) is 107 cm³/mol. The minimum atomic E-state index is -0.779. The van der Waals surface area contributed by atoms with Gasteiger partial charge in [0.1, 0.15) is 24.0 Å². The molecule has 2 aromatic rings. The van der Waals surface area contributed by atoms with E-state index in [4.69, 9.17) is 19.9 Å². The third kappa shape index (κ3) is 4.18. The quantitative estimate of drug-likeness (QED) is 0.761. The van der Waals surface area contributed by atoms with Crippen LogP contribution in [0, 0.1) is 11.3 Å². The fourth-order valence-electron chi connectivity index (χ4n) is 3.21. The van der Waals surface area contributed by atoms with Crippen LogP contribution in [0.15, 0.2) is 77.4 Å². The van der Waals surface area contributed by atoms with Crippen molar-refractivity contribution < 1.29 is 23.8 Å². The lowest BCUT2D eigenvalue weighted by molar-refractivity contribution is -0.140. The molecule has 1 heterocycles. The van der Waals surface area contributed by atoms with Crippen LogP contribution in [0.25, 0.3) is 0 Å². The van der Waals surface area contributed by atoms with Crippen molar-refractivity contribution in [2.75, 3.05) is 7.11 Å². The molecular formula is C23H20N2O5. The van der Waals surface area contributed by atoms with Crippen molar-refractivity contribution in [1.82, 2.24) is 0 Å². The van der Waals surface area contributed by atoms with E-state index in [-0.39, 0.29) is 29.4 Å². The normalized spacial score (nSPS) is 15.8. The second-order valence-corrected chi connectivity index (χ2v) is 6.57. The van der Waals surface area contributed by atoms with Crippen LogP contribution in [0.3, 0.4) is 0 Å². The number of ether oxygens (including phenoxy) is 3. The van der Waals surface area contributed by atoms with E-state index < -0.39 is 17.9 Å². The highest BCUT2D eigenvalue weighted by atomic mass is 16.5. The van der Waals surface area contributed by atoms with E-state index >= 15 is 0 Å². The first-order valence-electron chi connectivity index (χ1n) is 9.14. The minimum absolute atomic E-state index is 0.0725. The summed E-state index contributed by atoms with van der Waals surface area (Å²) in [5.74, 6) is -1.70. The first kappa shape index (κ1) is 20.7. The van der Waals surface area contributed by atoms with Crippen molar-refractivity contribution in [1.29, 1.82) is 5.26 Å². The highest BCUT2D eigenvalue weighted by molar-refractivity contribution is 5.93. The minimum Gasteiger partial charge on any atom is -0.465 e. The zero-order chi connectivity index (χ0) is 21.7. The Hall–Kier alpha value is -4.05. The van der Waals surface area contributed by atoms with Crippen molar-refractivity contribution in [3.8, 4) is 6.07 Å². The molecule has 1 aliphatic rings. The number of nitrogens with two attached hydrogens (primary N) is 1. The second-order valence-electron chi connectivity index (χ2n) is 6.57. The highest BCUT2D eigenvalue weighted by Gasteiger charge is 2.36. The molecular weight excluding hydrogens is 384 g/mol. The molecule has 0 fully saturated rings. The van der Waals surface area contributed by atoms with E-state index in [1.54, 1.807) is 31.2 Å². The summed E-state index contributed by atoms with van der Waals surface area (Å²) in [7, 11) is 1.29. The molecule has 1 atom stereocenters. The van der Waals surface area contributed by atoms with Gasteiger partial charge >= 0.3 is 11.9 Å². The zero-order valence-electron chi connectivity index (χ0n) is 16.5. The number of nitrogens with zero attached hydrogens (tertiary/aromatic N) is 1. The predicted octanol–water partition coefficient (Wildman–Crippen LogP) is 3.30. The van der Waals surface area contributed by atoms with Crippen LogP contribution in [0.2, 0.25) is 0 Å². The Kier molecular flexibility index (Phi) is 6.18. The summed E-state index contributed by atoms with van der Waals surface area (Å²) in [6, 6.07) is 17.7. The van der Waals surface area contributed by atoms with E-state index in [1.165, 1.54) is 7.11 Å². The second kappa shape index (κ2) is 8.97. The molecule has 3 rings (SSSR count). The van der Waals surface area contributed by atoms with Gasteiger partial charge in [0.2, 0.25) is 5.88 Å². The molecule has 7 nitrogen and oxygen atoms in total. The molecule has 2 N–H and O–H groups in total. The number of methoxy groups -OCH3 is 1. The van der Waals surface area contributed by atoms with Crippen LogP contribution >= 0.6 is 0 Å². The Bertz CT molecular complexity index is 1060. The Balaban J connectivity index is 1.95. The SMILES string of the molecule is COC(=O)c1ccc(C2C(C#N)=C(N)OC(C)=C2C(=O)OCc2ccccc2)cc1. The van der Waals surface area contributed by atoms with Crippen molar-refractivity contribution in [2.45, 2.75) is 19.4 Å². The fourth-order valence-corrected chi connectivity index (χ4v) is 3.21. The van der Waals surface area contributed by atoms with Crippen LogP contribution in [0.5, 0.6) is 0 Å². The van der Waals surface area contributed by atoms with Crippen molar-refractivity contribution >= 4 is 11.9 Å². The molecule has 0 radical (unpaired) electrons. The Morgan fingerprint density at radius 2 is 1.77 bits per heavy atom. The summed E-state index contributed by atoms with van der Waals surface area (Å²) in [5, 5.41) is 9.65. The van der Waals surface area contributed by atoms with Crippen molar-refractivity contribution in [2.24, 2.45) is 5.73 Å². The lowest BCUT2D eigenvalue weighted by atomic mass is 9.83. The largest absolute Gasteiger partial charge is 0.465 e. The summed E-state index contributed by atoms with van der Waals surface area (Å²) in [4.78, 5) is 24.7. The molecule has 1 unspecified atom stereocenters. The molecule has 1 aliphatic heterocycles. The standard InChI is InChI=1S/C23H20N2O5/c1-14-19(23(27)29-13-15-6-4-3-5-7-15)20(18(12-24)21(25)30-14)16-8-10-17(11-9-16)22(26)28-2/h3-11,20H,13,25H2,1-2H3. The molecule has 7 heteroatoms. The summed E-state index contributed by atoms with van der Waals surface area (Å²) in [5.41, 5.74) is 7.96. The van der Waals surface area contributed by atoms with E-state index in [2.05, 4.69) is 0 Å². The van der Waals surface area contributed by atoms with E-state index in [0.29, 0.717) is 11.1 Å². The van der Waals surface area contributed by atoms with Crippen LogP contribution in [0.1, 0.15) is 34.3 Å². The number of benzene rings is 2. The molecule has 30 heavy (non-hydrogen) atoms. The number of allylic oxidation sites excluding steroid dienone is 2. The lowest BCUT2D eigenvalue weighted by Gasteiger charge is -2.27. The van der Waals surface area contributed by atoms with Gasteiger partial charge in [0, 0.05) is 0 Å². The maximum atomic E-state index is 12.9. The molecule has 0 spiro atoms. The fraction of sp³-hybridized carbons (Fsp3) is 0.174. The van der Waals surface area contributed by atoms with Crippen molar-refractivity contribution in [3.63, 3.8) is 0 Å². The third-order valence-corrected chi connectivity index (χ3v) is 4.70. The van der Waals surface area contributed by atoms with Gasteiger partial charge in [0.15, 0.2) is 0 Å². The van der Waals surface area contributed by atoms with Crippen molar-refractivity contribution in [3.05, 3.63) is 94.1 Å². The number of carbonyl (C=O) groups excluding carboxylic acids is 2. The maximum absolute atomic E-state index is 12.9. The number of nitriles is 1.